The fourth-order valence-corrected chi connectivity index (χ4v) is 2.81. The molecule has 3 heterocycles. The smallest absolute Gasteiger partial charge is 0.316 e. The van der Waals surface area contributed by atoms with Crippen molar-refractivity contribution in [2.24, 2.45) is 0 Å². The Balaban J connectivity index is 1.66. The van der Waals surface area contributed by atoms with Crippen molar-refractivity contribution in [3.63, 3.8) is 0 Å². The van der Waals surface area contributed by atoms with E-state index in [4.69, 9.17) is 0 Å². The number of amides is 2. The molecule has 3 aromatic heterocycles. The summed E-state index contributed by atoms with van der Waals surface area (Å²) in [5.74, 6) is 0.632. The van der Waals surface area contributed by atoms with Crippen LogP contribution in [0, 0.1) is 0 Å². The van der Waals surface area contributed by atoms with Crippen LogP contribution in [0.1, 0.15) is 4.88 Å². The molecular weight excluding hydrogens is 324 g/mol. The molecule has 0 radical (unpaired) electrons. The van der Waals surface area contributed by atoms with Crippen LogP contribution in [0.25, 0.3) is 5.82 Å². The number of rotatable bonds is 6. The van der Waals surface area contributed by atoms with Crippen molar-refractivity contribution in [2.45, 2.75) is 6.54 Å². The maximum absolute atomic E-state index is 12.5. The lowest BCUT2D eigenvalue weighted by molar-refractivity contribution is 0.215. The minimum atomic E-state index is -0.196. The molecule has 0 aliphatic heterocycles. The van der Waals surface area contributed by atoms with Gasteiger partial charge in [0, 0.05) is 11.4 Å². The van der Waals surface area contributed by atoms with Gasteiger partial charge in [0.2, 0.25) is 0 Å². The molecule has 0 aliphatic rings. The van der Waals surface area contributed by atoms with Gasteiger partial charge in [-0.3, -0.25) is 0 Å². The third-order valence-corrected chi connectivity index (χ3v) is 4.08. The molecule has 0 aromatic carbocycles. The molecule has 0 fully saturated rings. The summed E-state index contributed by atoms with van der Waals surface area (Å²) in [6, 6.07) is 7.32. The maximum Gasteiger partial charge on any atom is 0.322 e. The molecule has 0 bridgehead atoms. The second-order valence-corrected chi connectivity index (χ2v) is 5.96. The van der Waals surface area contributed by atoms with E-state index >= 15 is 0 Å². The standard InChI is InChI=1S/C16H16N6OS/c1-2-7-21(10-14-4-3-8-24-14)16(23)20-13-5-6-15(18-9-13)22-12-17-11-19-22/h2-6,8-9,11-12H,1,7,10H2,(H,20,23). The van der Waals surface area contributed by atoms with E-state index in [1.807, 2.05) is 17.5 Å². The van der Waals surface area contributed by atoms with Gasteiger partial charge in [0.1, 0.15) is 12.7 Å². The molecule has 0 saturated carbocycles. The zero-order chi connectivity index (χ0) is 16.8. The topological polar surface area (TPSA) is 75.9 Å². The zero-order valence-corrected chi connectivity index (χ0v) is 13.7. The van der Waals surface area contributed by atoms with Crippen molar-refractivity contribution in [3.05, 3.63) is 66.0 Å². The van der Waals surface area contributed by atoms with Gasteiger partial charge in [0.05, 0.1) is 18.4 Å². The van der Waals surface area contributed by atoms with Crippen molar-refractivity contribution in [1.29, 1.82) is 0 Å². The Morgan fingerprint density at radius 3 is 2.96 bits per heavy atom. The lowest BCUT2D eigenvalue weighted by Gasteiger charge is -2.21. The van der Waals surface area contributed by atoms with Gasteiger partial charge in [0.15, 0.2) is 5.82 Å². The Morgan fingerprint density at radius 2 is 2.33 bits per heavy atom. The van der Waals surface area contributed by atoms with Crippen LogP contribution in [0.5, 0.6) is 0 Å². The van der Waals surface area contributed by atoms with Crippen LogP contribution < -0.4 is 5.32 Å². The van der Waals surface area contributed by atoms with Crippen LogP contribution >= 0.6 is 11.3 Å². The SMILES string of the molecule is C=CCN(Cc1cccs1)C(=O)Nc1ccc(-n2cncn2)nc1. The number of thiophene rings is 1. The summed E-state index contributed by atoms with van der Waals surface area (Å²) in [5.41, 5.74) is 0.615. The quantitative estimate of drug-likeness (QED) is 0.700. The largest absolute Gasteiger partial charge is 0.322 e. The number of carbonyl (C=O) groups is 1. The number of urea groups is 1. The Kier molecular flexibility index (Phi) is 4.97. The summed E-state index contributed by atoms with van der Waals surface area (Å²) in [7, 11) is 0. The minimum absolute atomic E-state index is 0.196. The van der Waals surface area contributed by atoms with E-state index in [2.05, 4.69) is 27.0 Å². The van der Waals surface area contributed by atoms with E-state index in [0.29, 0.717) is 24.6 Å². The van der Waals surface area contributed by atoms with Crippen molar-refractivity contribution in [1.82, 2.24) is 24.6 Å². The van der Waals surface area contributed by atoms with Crippen LogP contribution in [0.15, 0.2) is 61.2 Å². The summed E-state index contributed by atoms with van der Waals surface area (Å²) in [6.07, 6.45) is 6.30. The van der Waals surface area contributed by atoms with E-state index in [-0.39, 0.29) is 6.03 Å². The molecule has 122 valence electrons. The molecule has 3 aromatic rings. The highest BCUT2D eigenvalue weighted by molar-refractivity contribution is 7.09. The van der Waals surface area contributed by atoms with E-state index < -0.39 is 0 Å². The van der Waals surface area contributed by atoms with Gasteiger partial charge in [-0.2, -0.15) is 5.10 Å². The fourth-order valence-electron chi connectivity index (χ4n) is 2.09. The molecule has 0 unspecified atom stereocenters. The number of pyridine rings is 1. The molecule has 7 nitrogen and oxygen atoms in total. The van der Waals surface area contributed by atoms with Gasteiger partial charge < -0.3 is 10.2 Å². The van der Waals surface area contributed by atoms with E-state index in [9.17, 15) is 4.79 Å². The molecule has 8 heteroatoms. The number of carbonyl (C=O) groups excluding carboxylic acids is 1. The predicted molar refractivity (Wildman–Crippen MR) is 93.1 cm³/mol. The fraction of sp³-hybridized carbons (Fsp3) is 0.125. The highest BCUT2D eigenvalue weighted by atomic mass is 32.1. The maximum atomic E-state index is 12.5. The number of nitrogens with zero attached hydrogens (tertiary/aromatic N) is 5. The molecular formula is C16H16N6OS. The van der Waals surface area contributed by atoms with E-state index in [0.717, 1.165) is 4.88 Å². The first-order valence-electron chi connectivity index (χ1n) is 7.26. The molecule has 3 rings (SSSR count). The van der Waals surface area contributed by atoms with Crippen LogP contribution in [0.3, 0.4) is 0 Å². The molecule has 0 aliphatic carbocycles. The number of anilines is 1. The van der Waals surface area contributed by atoms with Crippen molar-refractivity contribution < 1.29 is 4.79 Å². The molecule has 0 spiro atoms. The summed E-state index contributed by atoms with van der Waals surface area (Å²) < 4.78 is 1.55. The number of hydrogen-bond donors (Lipinski definition) is 1. The number of aromatic nitrogens is 4. The van der Waals surface area contributed by atoms with E-state index in [1.54, 1.807) is 51.7 Å². The van der Waals surface area contributed by atoms with Gasteiger partial charge in [0.25, 0.3) is 0 Å². The predicted octanol–water partition coefficient (Wildman–Crippen LogP) is 2.94. The molecule has 0 saturated heterocycles. The Labute approximate surface area is 143 Å². The number of nitrogens with one attached hydrogen (secondary N) is 1. The average Bonchev–Trinajstić information content (AvgIpc) is 3.29. The lowest BCUT2D eigenvalue weighted by atomic mass is 10.4. The number of hydrogen-bond acceptors (Lipinski definition) is 5. The third-order valence-electron chi connectivity index (χ3n) is 3.22. The summed E-state index contributed by atoms with van der Waals surface area (Å²) in [4.78, 5) is 23.4. The van der Waals surface area contributed by atoms with Crippen molar-refractivity contribution in [3.8, 4) is 5.82 Å². The van der Waals surface area contributed by atoms with Crippen LogP contribution in [0.2, 0.25) is 0 Å². The third kappa shape index (κ3) is 3.85. The van der Waals surface area contributed by atoms with Crippen molar-refractivity contribution >= 4 is 23.1 Å². The zero-order valence-electron chi connectivity index (χ0n) is 12.9. The van der Waals surface area contributed by atoms with Gasteiger partial charge in [-0.25, -0.2) is 19.4 Å². The van der Waals surface area contributed by atoms with E-state index in [1.165, 1.54) is 6.33 Å². The first kappa shape index (κ1) is 15.9. The van der Waals surface area contributed by atoms with Gasteiger partial charge in [-0.15, -0.1) is 17.9 Å². The second kappa shape index (κ2) is 7.51. The molecule has 0 atom stereocenters. The van der Waals surface area contributed by atoms with Crippen LogP contribution in [-0.4, -0.2) is 37.2 Å². The summed E-state index contributed by atoms with van der Waals surface area (Å²) >= 11 is 1.62. The first-order valence-corrected chi connectivity index (χ1v) is 8.14. The average molecular weight is 340 g/mol. The Hall–Kier alpha value is -3.00. The monoisotopic (exact) mass is 340 g/mol. The van der Waals surface area contributed by atoms with Crippen LogP contribution in [-0.2, 0) is 6.54 Å². The highest BCUT2D eigenvalue weighted by Crippen LogP contribution is 2.14. The van der Waals surface area contributed by atoms with Gasteiger partial charge in [-0.05, 0) is 23.6 Å². The molecule has 2 amide bonds. The van der Waals surface area contributed by atoms with Crippen molar-refractivity contribution in [2.75, 3.05) is 11.9 Å². The highest BCUT2D eigenvalue weighted by Gasteiger charge is 2.13. The lowest BCUT2D eigenvalue weighted by Crippen LogP contribution is -2.34. The summed E-state index contributed by atoms with van der Waals surface area (Å²) in [5, 5.41) is 8.85. The van der Waals surface area contributed by atoms with Crippen LogP contribution in [0.4, 0.5) is 10.5 Å². The normalized spacial score (nSPS) is 10.3. The first-order chi connectivity index (χ1) is 11.8. The minimum Gasteiger partial charge on any atom is -0.316 e. The van der Waals surface area contributed by atoms with Gasteiger partial charge >= 0.3 is 6.03 Å². The Morgan fingerprint density at radius 1 is 1.42 bits per heavy atom. The van der Waals surface area contributed by atoms with Gasteiger partial charge in [-0.1, -0.05) is 12.1 Å². The molecule has 1 N–H and O–H groups in total. The second-order valence-electron chi connectivity index (χ2n) is 4.92. The Bertz CT molecular complexity index is 783. The molecule has 24 heavy (non-hydrogen) atoms. The summed E-state index contributed by atoms with van der Waals surface area (Å²) in [6.45, 7) is 4.72.